The van der Waals surface area contributed by atoms with Crippen molar-refractivity contribution < 1.29 is 19.1 Å². The van der Waals surface area contributed by atoms with Crippen molar-refractivity contribution in [2.45, 2.75) is 33.2 Å². The van der Waals surface area contributed by atoms with Gasteiger partial charge in [0.15, 0.2) is 6.61 Å². The monoisotopic (exact) mass is 282 g/mol. The zero-order valence-corrected chi connectivity index (χ0v) is 12.0. The number of nitrogens with one attached hydrogen (secondary N) is 1. The molecule has 0 aromatic heterocycles. The Bertz CT molecular complexity index is 522. The van der Waals surface area contributed by atoms with Crippen molar-refractivity contribution in [1.29, 1.82) is 0 Å². The molecule has 1 aromatic rings. The lowest BCUT2D eigenvalue weighted by Gasteiger charge is -2.20. The molecule has 0 aliphatic rings. The van der Waals surface area contributed by atoms with E-state index < -0.39 is 5.82 Å². The summed E-state index contributed by atoms with van der Waals surface area (Å²) in [5.41, 5.74) is 0.154. The Morgan fingerprint density at radius 3 is 2.65 bits per heavy atom. The van der Waals surface area contributed by atoms with Gasteiger partial charge in [-0.1, -0.05) is 5.16 Å². The Morgan fingerprint density at radius 2 is 2.10 bits per heavy atom. The molecular formula is C14H19FN2O3. The number of hydrogen-bond donors (Lipinski definition) is 2. The van der Waals surface area contributed by atoms with Crippen LogP contribution in [0.3, 0.4) is 0 Å². The predicted molar refractivity (Wildman–Crippen MR) is 73.8 cm³/mol. The lowest BCUT2D eigenvalue weighted by Crippen LogP contribution is -2.43. The highest BCUT2D eigenvalue weighted by Crippen LogP contribution is 2.20. The summed E-state index contributed by atoms with van der Waals surface area (Å²) in [6.45, 7) is 6.88. The minimum absolute atomic E-state index is 0.200. The lowest BCUT2D eigenvalue weighted by molar-refractivity contribution is -0.124. The first kappa shape index (κ1) is 15.9. The summed E-state index contributed by atoms with van der Waals surface area (Å²) in [5.74, 6) is -0.480. The highest BCUT2D eigenvalue weighted by atomic mass is 19.1. The van der Waals surface area contributed by atoms with E-state index in [0.717, 1.165) is 0 Å². The molecule has 0 heterocycles. The number of hydrogen-bond acceptors (Lipinski definition) is 4. The van der Waals surface area contributed by atoms with Gasteiger partial charge in [-0.05, 0) is 45.9 Å². The number of nitrogens with zero attached hydrogens (tertiary/aromatic N) is 1. The maximum absolute atomic E-state index is 13.2. The summed E-state index contributed by atoms with van der Waals surface area (Å²) >= 11 is 0. The molecule has 6 heteroatoms. The molecule has 0 bridgehead atoms. The van der Waals surface area contributed by atoms with Crippen LogP contribution in [0.5, 0.6) is 5.75 Å². The molecule has 1 amide bonds. The second kappa shape index (κ2) is 6.36. The van der Waals surface area contributed by atoms with Gasteiger partial charge in [0.1, 0.15) is 11.6 Å². The molecule has 5 nitrogen and oxygen atoms in total. The zero-order valence-electron chi connectivity index (χ0n) is 12.0. The average molecular weight is 282 g/mol. The topological polar surface area (TPSA) is 70.9 Å². The number of carbonyl (C=O) groups is 1. The molecule has 0 saturated carbocycles. The van der Waals surface area contributed by atoms with E-state index in [1.165, 1.54) is 25.1 Å². The van der Waals surface area contributed by atoms with Gasteiger partial charge < -0.3 is 15.3 Å². The van der Waals surface area contributed by atoms with Crippen LogP contribution < -0.4 is 10.1 Å². The van der Waals surface area contributed by atoms with E-state index in [1.807, 2.05) is 20.8 Å². The summed E-state index contributed by atoms with van der Waals surface area (Å²) in [7, 11) is 0. The Morgan fingerprint density at radius 1 is 1.45 bits per heavy atom. The van der Waals surface area contributed by atoms with E-state index in [1.54, 1.807) is 0 Å². The molecule has 0 spiro atoms. The van der Waals surface area contributed by atoms with Gasteiger partial charge in [-0.15, -0.1) is 0 Å². The zero-order chi connectivity index (χ0) is 15.3. The fourth-order valence-corrected chi connectivity index (χ4v) is 1.56. The van der Waals surface area contributed by atoms with Gasteiger partial charge in [-0.2, -0.15) is 0 Å². The van der Waals surface area contributed by atoms with E-state index in [2.05, 4.69) is 10.5 Å². The third-order valence-corrected chi connectivity index (χ3v) is 2.35. The first-order chi connectivity index (χ1) is 9.23. The minimum atomic E-state index is -0.477. The molecule has 0 aliphatic heterocycles. The molecule has 0 radical (unpaired) electrons. The van der Waals surface area contributed by atoms with Crippen molar-refractivity contribution in [1.82, 2.24) is 5.32 Å². The normalized spacial score (nSPS) is 12.2. The van der Waals surface area contributed by atoms with Crippen molar-refractivity contribution in [3.05, 3.63) is 29.6 Å². The number of benzene rings is 1. The Hall–Kier alpha value is -2.11. The fraction of sp³-hybridized carbons (Fsp3) is 0.429. The smallest absolute Gasteiger partial charge is 0.258 e. The molecule has 0 aliphatic carbocycles. The molecule has 1 aromatic carbocycles. The third kappa shape index (κ3) is 4.87. The van der Waals surface area contributed by atoms with Crippen molar-refractivity contribution in [3.63, 3.8) is 0 Å². The maximum atomic E-state index is 13.2. The molecule has 2 N–H and O–H groups in total. The minimum Gasteiger partial charge on any atom is -0.483 e. The van der Waals surface area contributed by atoms with Crippen LogP contribution in [0.15, 0.2) is 23.4 Å². The Kier molecular flexibility index (Phi) is 5.07. The second-order valence-electron chi connectivity index (χ2n) is 5.41. The molecule has 110 valence electrons. The van der Waals surface area contributed by atoms with Gasteiger partial charge in [0, 0.05) is 11.1 Å². The largest absolute Gasteiger partial charge is 0.483 e. The Balaban J connectivity index is 2.81. The van der Waals surface area contributed by atoms with Gasteiger partial charge in [0.25, 0.3) is 5.91 Å². The molecule has 0 unspecified atom stereocenters. The summed E-state index contributed by atoms with van der Waals surface area (Å²) in [6, 6.07) is 3.79. The average Bonchev–Trinajstić information content (AvgIpc) is 2.34. The van der Waals surface area contributed by atoms with Crippen LogP contribution in [-0.2, 0) is 4.79 Å². The highest BCUT2D eigenvalue weighted by Gasteiger charge is 2.15. The molecular weight excluding hydrogens is 263 g/mol. The first-order valence-corrected chi connectivity index (χ1v) is 6.15. The number of oxime groups is 1. The van der Waals surface area contributed by atoms with E-state index in [-0.39, 0.29) is 29.5 Å². The van der Waals surface area contributed by atoms with Crippen molar-refractivity contribution >= 4 is 11.6 Å². The van der Waals surface area contributed by atoms with Crippen molar-refractivity contribution in [3.8, 4) is 5.75 Å². The standard InChI is InChI=1S/C14H19FN2O3/c1-9(17-19)11-7-10(15)5-6-12(11)20-8-13(18)16-14(2,3)4/h5-7,19H,8H2,1-4H3,(H,16,18)/b17-9-. The van der Waals surface area contributed by atoms with Crippen LogP contribution in [0.2, 0.25) is 0 Å². The quantitative estimate of drug-likeness (QED) is 0.506. The summed E-state index contributed by atoms with van der Waals surface area (Å²) in [6.07, 6.45) is 0. The van der Waals surface area contributed by atoms with E-state index >= 15 is 0 Å². The van der Waals surface area contributed by atoms with Gasteiger partial charge in [-0.25, -0.2) is 4.39 Å². The van der Waals surface area contributed by atoms with Crippen molar-refractivity contribution in [2.24, 2.45) is 5.16 Å². The van der Waals surface area contributed by atoms with E-state index in [9.17, 15) is 9.18 Å². The van der Waals surface area contributed by atoms with Gasteiger partial charge in [0.2, 0.25) is 0 Å². The molecule has 0 atom stereocenters. The molecule has 0 fully saturated rings. The third-order valence-electron chi connectivity index (χ3n) is 2.35. The van der Waals surface area contributed by atoms with Crippen LogP contribution in [0.1, 0.15) is 33.3 Å². The molecule has 0 saturated heterocycles. The number of rotatable bonds is 4. The summed E-state index contributed by atoms with van der Waals surface area (Å²) in [4.78, 5) is 11.7. The van der Waals surface area contributed by atoms with Gasteiger partial charge >= 0.3 is 0 Å². The maximum Gasteiger partial charge on any atom is 0.258 e. The highest BCUT2D eigenvalue weighted by molar-refractivity contribution is 6.00. The summed E-state index contributed by atoms with van der Waals surface area (Å²) in [5, 5.41) is 14.5. The number of halogens is 1. The number of ether oxygens (including phenoxy) is 1. The van der Waals surface area contributed by atoms with Gasteiger partial charge in [-0.3, -0.25) is 4.79 Å². The van der Waals surface area contributed by atoms with Crippen LogP contribution in [-0.4, -0.2) is 29.0 Å². The van der Waals surface area contributed by atoms with Crippen LogP contribution in [0.25, 0.3) is 0 Å². The number of carbonyl (C=O) groups excluding carboxylic acids is 1. The SMILES string of the molecule is C/C(=N/O)c1cc(F)ccc1OCC(=O)NC(C)(C)C. The van der Waals surface area contributed by atoms with Crippen LogP contribution >= 0.6 is 0 Å². The fourth-order valence-electron chi connectivity index (χ4n) is 1.56. The molecule has 1 rings (SSSR count). The van der Waals surface area contributed by atoms with Crippen molar-refractivity contribution in [2.75, 3.05) is 6.61 Å². The second-order valence-corrected chi connectivity index (χ2v) is 5.41. The lowest BCUT2D eigenvalue weighted by atomic mass is 10.1. The number of amides is 1. The Labute approximate surface area is 117 Å². The van der Waals surface area contributed by atoms with E-state index in [4.69, 9.17) is 9.94 Å². The predicted octanol–water partition coefficient (Wildman–Crippen LogP) is 2.32. The van der Waals surface area contributed by atoms with E-state index in [0.29, 0.717) is 5.56 Å². The van der Waals surface area contributed by atoms with Crippen LogP contribution in [0, 0.1) is 5.82 Å². The summed E-state index contributed by atoms with van der Waals surface area (Å²) < 4.78 is 18.5. The first-order valence-electron chi connectivity index (χ1n) is 6.15. The van der Waals surface area contributed by atoms with Crippen LogP contribution in [0.4, 0.5) is 4.39 Å². The van der Waals surface area contributed by atoms with Gasteiger partial charge in [0.05, 0.1) is 5.71 Å². The molecule has 20 heavy (non-hydrogen) atoms.